The van der Waals surface area contributed by atoms with Gasteiger partial charge in [-0.3, -0.25) is 9.58 Å². The van der Waals surface area contributed by atoms with Gasteiger partial charge in [0, 0.05) is 48.1 Å². The zero-order valence-electron chi connectivity index (χ0n) is 19.2. The Hall–Kier alpha value is -2.43. The summed E-state index contributed by atoms with van der Waals surface area (Å²) >= 11 is 6.57. The predicted octanol–water partition coefficient (Wildman–Crippen LogP) is 5.03. The maximum Gasteiger partial charge on any atom is 0.272 e. The Bertz CT molecular complexity index is 1260. The maximum atomic E-state index is 15.3. The second kappa shape index (κ2) is 8.60. The van der Waals surface area contributed by atoms with Gasteiger partial charge in [0.1, 0.15) is 12.2 Å². The zero-order valence-corrected chi connectivity index (χ0v) is 20.0. The molecule has 2 aromatic heterocycles. The molecule has 3 aliphatic rings. The summed E-state index contributed by atoms with van der Waals surface area (Å²) in [5.74, 6) is -2.71. The van der Waals surface area contributed by atoms with Crippen LogP contribution in [-0.4, -0.2) is 69.1 Å². The van der Waals surface area contributed by atoms with Crippen molar-refractivity contribution >= 4 is 34.1 Å². The van der Waals surface area contributed by atoms with Gasteiger partial charge in [-0.05, 0) is 44.0 Å². The summed E-state index contributed by atoms with van der Waals surface area (Å²) in [6.07, 6.45) is 3.53. The van der Waals surface area contributed by atoms with Gasteiger partial charge in [-0.25, -0.2) is 23.1 Å². The smallest absolute Gasteiger partial charge is 0.272 e. The first-order valence-corrected chi connectivity index (χ1v) is 12.3. The molecule has 4 atom stereocenters. The van der Waals surface area contributed by atoms with E-state index in [2.05, 4.69) is 25.3 Å². The molecule has 0 bridgehead atoms. The van der Waals surface area contributed by atoms with Crippen LogP contribution in [0.3, 0.4) is 0 Å². The summed E-state index contributed by atoms with van der Waals surface area (Å²) in [7, 11) is 0. The molecule has 4 unspecified atom stereocenters. The van der Waals surface area contributed by atoms with E-state index in [0.29, 0.717) is 53.5 Å². The molecule has 3 aromatic rings. The molecule has 11 heteroatoms. The van der Waals surface area contributed by atoms with Gasteiger partial charge in [0.15, 0.2) is 0 Å². The second-order valence-electron chi connectivity index (χ2n) is 9.74. The molecule has 1 N–H and O–H groups in total. The Morgan fingerprint density at radius 3 is 2.77 bits per heavy atom. The molecule has 1 aliphatic carbocycles. The molecule has 1 aromatic carbocycles. The van der Waals surface area contributed by atoms with E-state index < -0.39 is 18.1 Å². The number of alkyl halides is 3. The minimum atomic E-state index is -2.71. The molecule has 2 aliphatic heterocycles. The van der Waals surface area contributed by atoms with Crippen LogP contribution in [-0.2, 0) is 4.74 Å². The first-order chi connectivity index (χ1) is 16.8. The van der Waals surface area contributed by atoms with Gasteiger partial charge in [-0.2, -0.15) is 5.10 Å². The fourth-order valence-corrected chi connectivity index (χ4v) is 5.59. The second-order valence-corrected chi connectivity index (χ2v) is 10.2. The molecule has 2 saturated heterocycles. The summed E-state index contributed by atoms with van der Waals surface area (Å²) in [5.41, 5.74) is 2.54. The number of fused-ring (bicyclic) bond motifs is 1. The van der Waals surface area contributed by atoms with Gasteiger partial charge in [0.05, 0.1) is 29.7 Å². The van der Waals surface area contributed by atoms with Crippen LogP contribution in [0.4, 0.5) is 24.8 Å². The zero-order chi connectivity index (χ0) is 24.3. The minimum absolute atomic E-state index is 0.200. The highest BCUT2D eigenvalue weighted by atomic mass is 35.5. The fraction of sp³-hybridized carbons (Fsp3) is 0.542. The van der Waals surface area contributed by atoms with Crippen molar-refractivity contribution in [3.63, 3.8) is 0 Å². The van der Waals surface area contributed by atoms with E-state index >= 15 is 4.39 Å². The molecular formula is C24H26ClF3N6O. The maximum absolute atomic E-state index is 15.3. The highest BCUT2D eigenvalue weighted by Gasteiger charge is 2.59. The van der Waals surface area contributed by atoms with Crippen molar-refractivity contribution in [1.29, 1.82) is 0 Å². The SMILES string of the molecule is Cc1c(Nc2ncc3cc(Cl)c(C4CCN(C5CCOC5)CC4F)cc3n2)cnn1C1CC1(F)F. The van der Waals surface area contributed by atoms with Crippen molar-refractivity contribution in [1.82, 2.24) is 24.6 Å². The fourth-order valence-electron chi connectivity index (χ4n) is 5.28. The van der Waals surface area contributed by atoms with Crippen molar-refractivity contribution in [3.8, 4) is 0 Å². The number of aromatic nitrogens is 4. The number of likely N-dealkylation sites (tertiary alicyclic amines) is 1. The van der Waals surface area contributed by atoms with Crippen LogP contribution in [0.1, 0.15) is 42.5 Å². The molecule has 0 radical (unpaired) electrons. The van der Waals surface area contributed by atoms with E-state index in [9.17, 15) is 8.78 Å². The first kappa shape index (κ1) is 23.0. The van der Waals surface area contributed by atoms with E-state index in [4.69, 9.17) is 16.3 Å². The monoisotopic (exact) mass is 506 g/mol. The average Bonchev–Trinajstić information content (AvgIpc) is 3.18. The van der Waals surface area contributed by atoms with Crippen molar-refractivity contribution < 1.29 is 17.9 Å². The molecule has 7 nitrogen and oxygen atoms in total. The third kappa shape index (κ3) is 4.25. The van der Waals surface area contributed by atoms with Crippen LogP contribution < -0.4 is 5.32 Å². The number of piperidine rings is 1. The lowest BCUT2D eigenvalue weighted by molar-refractivity contribution is 0.0729. The third-order valence-corrected chi connectivity index (χ3v) is 7.80. The number of benzene rings is 1. The lowest BCUT2D eigenvalue weighted by Gasteiger charge is -2.38. The quantitative estimate of drug-likeness (QED) is 0.523. The first-order valence-electron chi connectivity index (χ1n) is 11.9. The van der Waals surface area contributed by atoms with Crippen LogP contribution >= 0.6 is 11.6 Å². The molecule has 0 spiro atoms. The van der Waals surface area contributed by atoms with E-state index in [1.165, 1.54) is 10.9 Å². The summed E-state index contributed by atoms with van der Waals surface area (Å²) < 4.78 is 49.1. The largest absolute Gasteiger partial charge is 0.380 e. The highest BCUT2D eigenvalue weighted by molar-refractivity contribution is 6.32. The number of nitrogens with zero attached hydrogens (tertiary/aromatic N) is 5. The van der Waals surface area contributed by atoms with E-state index in [0.717, 1.165) is 30.5 Å². The van der Waals surface area contributed by atoms with Crippen LogP contribution in [0.2, 0.25) is 5.02 Å². The van der Waals surface area contributed by atoms with Crippen molar-refractivity contribution in [2.45, 2.75) is 56.3 Å². The van der Waals surface area contributed by atoms with Gasteiger partial charge in [-0.1, -0.05) is 11.6 Å². The highest BCUT2D eigenvalue weighted by Crippen LogP contribution is 2.53. The Morgan fingerprint density at radius 2 is 2.06 bits per heavy atom. The summed E-state index contributed by atoms with van der Waals surface area (Å²) in [4.78, 5) is 11.1. The van der Waals surface area contributed by atoms with Gasteiger partial charge >= 0.3 is 0 Å². The van der Waals surface area contributed by atoms with E-state index in [-0.39, 0.29) is 12.3 Å². The number of rotatable bonds is 5. The number of halogens is 4. The normalized spacial score (nSPS) is 28.5. The molecule has 1 saturated carbocycles. The Morgan fingerprint density at radius 1 is 1.23 bits per heavy atom. The molecule has 35 heavy (non-hydrogen) atoms. The standard InChI is InChI=1S/C24H26ClF3N6O/c1-13-21(10-30-34(13)22-8-24(22,27)28)32-23-29-9-14-6-18(25)17(7-20(14)31-23)16-2-4-33(11-19(16)26)15-3-5-35-12-15/h6-7,9-10,15-16,19,22H,2-5,8,11-12H2,1H3,(H,29,31,32). The minimum Gasteiger partial charge on any atom is -0.380 e. The third-order valence-electron chi connectivity index (χ3n) is 7.47. The van der Waals surface area contributed by atoms with Crippen molar-refractivity contribution in [3.05, 3.63) is 40.8 Å². The predicted molar refractivity (Wildman–Crippen MR) is 126 cm³/mol. The van der Waals surface area contributed by atoms with Crippen molar-refractivity contribution in [2.24, 2.45) is 0 Å². The number of anilines is 2. The van der Waals surface area contributed by atoms with Crippen molar-refractivity contribution in [2.75, 3.05) is 31.6 Å². The Labute approximate surface area is 205 Å². The Kier molecular flexibility index (Phi) is 5.65. The molecule has 0 amide bonds. The number of nitrogens with one attached hydrogen (secondary N) is 1. The van der Waals surface area contributed by atoms with Crippen LogP contribution in [0.15, 0.2) is 24.5 Å². The topological polar surface area (TPSA) is 68.1 Å². The molecule has 6 rings (SSSR count). The lowest BCUT2D eigenvalue weighted by Crippen LogP contribution is -2.46. The number of hydrogen-bond donors (Lipinski definition) is 1. The van der Waals surface area contributed by atoms with Crippen LogP contribution in [0, 0.1) is 6.92 Å². The van der Waals surface area contributed by atoms with E-state index in [1.807, 2.05) is 6.07 Å². The molecule has 186 valence electrons. The molecule has 3 fully saturated rings. The summed E-state index contributed by atoms with van der Waals surface area (Å²) in [6.45, 7) is 4.30. The van der Waals surface area contributed by atoms with Gasteiger partial charge < -0.3 is 10.1 Å². The summed E-state index contributed by atoms with van der Waals surface area (Å²) in [5, 5.41) is 8.44. The molecule has 4 heterocycles. The van der Waals surface area contributed by atoms with Crippen LogP contribution in [0.5, 0.6) is 0 Å². The Balaban J connectivity index is 1.23. The van der Waals surface area contributed by atoms with Gasteiger partial charge in [0.2, 0.25) is 5.95 Å². The average molecular weight is 507 g/mol. The lowest BCUT2D eigenvalue weighted by atomic mass is 9.86. The number of ether oxygens (including phenoxy) is 1. The van der Waals surface area contributed by atoms with Gasteiger partial charge in [0.25, 0.3) is 5.92 Å². The number of hydrogen-bond acceptors (Lipinski definition) is 6. The summed E-state index contributed by atoms with van der Waals surface area (Å²) in [6, 6.07) is 3.01. The van der Waals surface area contributed by atoms with E-state index in [1.54, 1.807) is 19.2 Å². The van der Waals surface area contributed by atoms with Crippen LogP contribution in [0.25, 0.3) is 10.9 Å². The van der Waals surface area contributed by atoms with Gasteiger partial charge in [-0.15, -0.1) is 0 Å². The molecular weight excluding hydrogens is 481 g/mol.